The van der Waals surface area contributed by atoms with Crippen LogP contribution in [-0.4, -0.2) is 5.11 Å². The van der Waals surface area contributed by atoms with Gasteiger partial charge in [0.1, 0.15) is 11.8 Å². The van der Waals surface area contributed by atoms with Gasteiger partial charge in [-0.3, -0.25) is 0 Å². The highest BCUT2D eigenvalue weighted by Crippen LogP contribution is 2.12. The minimum absolute atomic E-state index is 0.0417. The van der Waals surface area contributed by atoms with Crippen LogP contribution in [0.5, 0.6) is 5.75 Å². The van der Waals surface area contributed by atoms with Crippen molar-refractivity contribution in [2.45, 2.75) is 13.8 Å². The maximum Gasteiger partial charge on any atom is 0.133 e. The summed E-state index contributed by atoms with van der Waals surface area (Å²) >= 11 is 0. The lowest BCUT2D eigenvalue weighted by Gasteiger charge is -1.89. The van der Waals surface area contributed by atoms with E-state index in [2.05, 4.69) is 0 Å². The van der Waals surface area contributed by atoms with Gasteiger partial charge in [-0.05, 0) is 12.1 Å². The summed E-state index contributed by atoms with van der Waals surface area (Å²) in [6.45, 7) is 4.00. The van der Waals surface area contributed by atoms with Gasteiger partial charge in [-0.25, -0.2) is 0 Å². The molecule has 0 amide bonds. The van der Waals surface area contributed by atoms with E-state index < -0.39 is 0 Å². The molecule has 0 heterocycles. The Morgan fingerprint density at radius 1 is 1.27 bits per heavy atom. The van der Waals surface area contributed by atoms with Gasteiger partial charge in [0.15, 0.2) is 0 Å². The number of rotatable bonds is 0. The monoisotopic (exact) mass is 149 g/mol. The molecular formula is C9H11NO. The minimum Gasteiger partial charge on any atom is -0.507 e. The van der Waals surface area contributed by atoms with Crippen LogP contribution in [0.2, 0.25) is 0 Å². The zero-order valence-electron chi connectivity index (χ0n) is 6.70. The van der Waals surface area contributed by atoms with E-state index >= 15 is 0 Å². The van der Waals surface area contributed by atoms with E-state index in [0.29, 0.717) is 5.56 Å². The van der Waals surface area contributed by atoms with Gasteiger partial charge in [0, 0.05) is 0 Å². The summed E-state index contributed by atoms with van der Waals surface area (Å²) in [4.78, 5) is 0. The minimum atomic E-state index is 0.0417. The molecule has 0 atom stereocenters. The lowest BCUT2D eigenvalue weighted by molar-refractivity contribution is 0.473. The number of benzene rings is 1. The average Bonchev–Trinajstić information content (AvgIpc) is 2.09. The first-order valence-electron chi connectivity index (χ1n) is 3.52. The molecule has 0 aliphatic carbocycles. The van der Waals surface area contributed by atoms with Crippen LogP contribution < -0.4 is 0 Å². The van der Waals surface area contributed by atoms with Gasteiger partial charge >= 0.3 is 0 Å². The van der Waals surface area contributed by atoms with Crippen molar-refractivity contribution in [2.24, 2.45) is 0 Å². The van der Waals surface area contributed by atoms with E-state index in [9.17, 15) is 0 Å². The smallest absolute Gasteiger partial charge is 0.133 e. The summed E-state index contributed by atoms with van der Waals surface area (Å²) in [5.74, 6) is 0.0417. The van der Waals surface area contributed by atoms with E-state index in [-0.39, 0.29) is 5.75 Å². The van der Waals surface area contributed by atoms with Crippen molar-refractivity contribution in [2.75, 3.05) is 0 Å². The number of hydrogen-bond donors (Lipinski definition) is 1. The summed E-state index contributed by atoms with van der Waals surface area (Å²) < 4.78 is 0. The molecule has 1 aromatic carbocycles. The zero-order chi connectivity index (χ0) is 8.69. The second-order valence-electron chi connectivity index (χ2n) is 1.63. The van der Waals surface area contributed by atoms with Gasteiger partial charge in [-0.15, -0.1) is 0 Å². The molecule has 1 N–H and O–H groups in total. The molecule has 0 aliphatic rings. The molecule has 0 fully saturated rings. The maximum absolute atomic E-state index is 8.89. The normalized spacial score (nSPS) is 7.36. The third-order valence-corrected chi connectivity index (χ3v) is 1.02. The first-order valence-corrected chi connectivity index (χ1v) is 3.52. The molecule has 2 nitrogen and oxygen atoms in total. The summed E-state index contributed by atoms with van der Waals surface area (Å²) in [5.41, 5.74) is 0.317. The second kappa shape index (κ2) is 5.31. The van der Waals surface area contributed by atoms with E-state index in [1.165, 1.54) is 6.07 Å². The van der Waals surface area contributed by atoms with Crippen LogP contribution in [0.3, 0.4) is 0 Å². The molecule has 0 radical (unpaired) electrons. The Labute approximate surface area is 66.7 Å². The maximum atomic E-state index is 8.89. The van der Waals surface area contributed by atoms with Crippen LogP contribution in [0.1, 0.15) is 19.4 Å². The van der Waals surface area contributed by atoms with Crippen molar-refractivity contribution < 1.29 is 5.11 Å². The van der Waals surface area contributed by atoms with Gasteiger partial charge in [0.05, 0.1) is 5.56 Å². The molecule has 0 spiro atoms. The largest absolute Gasteiger partial charge is 0.507 e. The Hall–Kier alpha value is -1.49. The quantitative estimate of drug-likeness (QED) is 0.615. The third kappa shape index (κ3) is 2.72. The first-order chi connectivity index (χ1) is 5.34. The molecule has 11 heavy (non-hydrogen) atoms. The van der Waals surface area contributed by atoms with Gasteiger partial charge in [-0.1, -0.05) is 26.0 Å². The topological polar surface area (TPSA) is 44.0 Å². The molecule has 0 unspecified atom stereocenters. The molecule has 0 bridgehead atoms. The van der Waals surface area contributed by atoms with Crippen LogP contribution in [0.4, 0.5) is 0 Å². The highest BCUT2D eigenvalue weighted by Gasteiger charge is 1.93. The lowest BCUT2D eigenvalue weighted by atomic mass is 10.2. The summed E-state index contributed by atoms with van der Waals surface area (Å²) in [5, 5.41) is 17.2. The van der Waals surface area contributed by atoms with Crippen molar-refractivity contribution in [1.29, 1.82) is 5.26 Å². The number of phenols is 1. The van der Waals surface area contributed by atoms with Crippen molar-refractivity contribution in [1.82, 2.24) is 0 Å². The van der Waals surface area contributed by atoms with E-state index in [0.717, 1.165) is 0 Å². The number of hydrogen-bond acceptors (Lipinski definition) is 2. The second-order valence-corrected chi connectivity index (χ2v) is 1.63. The van der Waals surface area contributed by atoms with E-state index in [1.54, 1.807) is 18.2 Å². The van der Waals surface area contributed by atoms with Gasteiger partial charge in [-0.2, -0.15) is 5.26 Å². The molecule has 2 heteroatoms. The Bertz CT molecular complexity index is 250. The van der Waals surface area contributed by atoms with E-state index in [1.807, 2.05) is 19.9 Å². The Morgan fingerprint density at radius 3 is 2.18 bits per heavy atom. The average molecular weight is 149 g/mol. The van der Waals surface area contributed by atoms with Crippen molar-refractivity contribution >= 4 is 0 Å². The van der Waals surface area contributed by atoms with Gasteiger partial charge in [0.2, 0.25) is 0 Å². The SMILES string of the molecule is CC.N#Cc1ccccc1O. The van der Waals surface area contributed by atoms with Crippen LogP contribution in [0, 0.1) is 11.3 Å². The molecule has 0 saturated carbocycles. The highest BCUT2D eigenvalue weighted by molar-refractivity contribution is 5.41. The van der Waals surface area contributed by atoms with Crippen molar-refractivity contribution in [3.8, 4) is 11.8 Å². The fraction of sp³-hybridized carbons (Fsp3) is 0.222. The molecule has 0 aliphatic heterocycles. The molecular weight excluding hydrogens is 138 g/mol. The lowest BCUT2D eigenvalue weighted by Crippen LogP contribution is -1.71. The fourth-order valence-electron chi connectivity index (χ4n) is 0.568. The predicted molar refractivity (Wildman–Crippen MR) is 44.2 cm³/mol. The van der Waals surface area contributed by atoms with Crippen LogP contribution in [0.15, 0.2) is 24.3 Å². The number of nitriles is 1. The fourth-order valence-corrected chi connectivity index (χ4v) is 0.568. The predicted octanol–water partition coefficient (Wildman–Crippen LogP) is 2.29. The summed E-state index contributed by atoms with van der Waals surface area (Å²) in [6.07, 6.45) is 0. The van der Waals surface area contributed by atoms with Gasteiger partial charge in [0.25, 0.3) is 0 Å². The number of phenolic OH excluding ortho intramolecular Hbond substituents is 1. The highest BCUT2D eigenvalue weighted by atomic mass is 16.3. The Morgan fingerprint density at radius 2 is 1.82 bits per heavy atom. The summed E-state index contributed by atoms with van der Waals surface area (Å²) in [7, 11) is 0. The van der Waals surface area contributed by atoms with Gasteiger partial charge < -0.3 is 5.11 Å². The molecule has 0 aromatic heterocycles. The molecule has 0 saturated heterocycles. The number of para-hydroxylation sites is 1. The standard InChI is InChI=1S/C7H5NO.C2H6/c8-5-6-3-1-2-4-7(6)9;1-2/h1-4,9H;1-2H3. The van der Waals surface area contributed by atoms with Crippen LogP contribution in [0.25, 0.3) is 0 Å². The molecule has 58 valence electrons. The van der Waals surface area contributed by atoms with Crippen LogP contribution >= 0.6 is 0 Å². The zero-order valence-corrected chi connectivity index (χ0v) is 6.70. The Balaban J connectivity index is 0.000000461. The number of nitrogens with zero attached hydrogens (tertiary/aromatic N) is 1. The Kier molecular flexibility index (Phi) is 4.59. The van der Waals surface area contributed by atoms with Crippen molar-refractivity contribution in [3.63, 3.8) is 0 Å². The van der Waals surface area contributed by atoms with E-state index in [4.69, 9.17) is 10.4 Å². The number of aromatic hydroxyl groups is 1. The first kappa shape index (κ1) is 9.51. The molecule has 1 aromatic rings. The summed E-state index contributed by atoms with van der Waals surface area (Å²) in [6, 6.07) is 8.28. The van der Waals surface area contributed by atoms with Crippen LogP contribution in [-0.2, 0) is 0 Å². The third-order valence-electron chi connectivity index (χ3n) is 1.02. The van der Waals surface area contributed by atoms with Crippen molar-refractivity contribution in [3.05, 3.63) is 29.8 Å². The molecule has 1 rings (SSSR count).